The summed E-state index contributed by atoms with van der Waals surface area (Å²) >= 11 is 0. The Labute approximate surface area is 364 Å². The predicted molar refractivity (Wildman–Crippen MR) is 260 cm³/mol. The smallest absolute Gasteiger partial charge is 0.164 e. The molecule has 12 aromatic rings. The molecule has 0 saturated carbocycles. The Hall–Kier alpha value is -8.54. The van der Waals surface area contributed by atoms with Crippen LogP contribution in [0.25, 0.3) is 117 Å². The zero-order valence-corrected chi connectivity index (χ0v) is 34.1. The highest BCUT2D eigenvalue weighted by molar-refractivity contribution is 6.28. The van der Waals surface area contributed by atoms with Crippen molar-refractivity contribution in [3.63, 3.8) is 0 Å². The van der Waals surface area contributed by atoms with Crippen LogP contribution in [0.3, 0.4) is 0 Å². The zero-order chi connectivity index (χ0) is 41.7. The Morgan fingerprint density at radius 2 is 0.778 bits per heavy atom. The fraction of sp³-hybridized carbons (Fsp3) is 0. The van der Waals surface area contributed by atoms with Gasteiger partial charge in [0.1, 0.15) is 0 Å². The lowest BCUT2D eigenvalue weighted by Crippen LogP contribution is -2.00. The van der Waals surface area contributed by atoms with Crippen molar-refractivity contribution in [3.05, 3.63) is 224 Å². The summed E-state index contributed by atoms with van der Waals surface area (Å²) in [5.41, 5.74) is 13.6. The van der Waals surface area contributed by atoms with Gasteiger partial charge in [0.15, 0.2) is 17.5 Å². The third-order valence-corrected chi connectivity index (χ3v) is 12.0. The fourth-order valence-electron chi connectivity index (χ4n) is 9.10. The van der Waals surface area contributed by atoms with E-state index in [1.54, 1.807) is 0 Å². The van der Waals surface area contributed by atoms with Crippen LogP contribution in [-0.2, 0) is 0 Å². The van der Waals surface area contributed by atoms with E-state index in [-0.39, 0.29) is 0 Å². The Bertz CT molecular complexity index is 3600. The minimum Gasteiger partial charge on any atom is -0.309 e. The Kier molecular flexibility index (Phi) is 8.75. The Morgan fingerprint density at radius 1 is 0.302 bits per heavy atom. The van der Waals surface area contributed by atoms with Crippen molar-refractivity contribution in [3.8, 4) is 73.4 Å². The standard InChI is InChI=1S/C58H37N5/c1-5-18-38(19-6-1)53-50-35-34-48-47-30-13-14-33-51(47)63(45-28-11-4-12-29-45)55(48)52(50)49-32-17-31-46(54(49)59-53)43-26-15-24-41(36-43)42-25-16-27-44(37-42)58-61-56(39-20-7-2-8-21-39)60-57(62-58)40-22-9-3-10-23-40/h1-37H. The van der Waals surface area contributed by atoms with Gasteiger partial charge >= 0.3 is 0 Å². The van der Waals surface area contributed by atoms with Gasteiger partial charge in [-0.05, 0) is 47.0 Å². The van der Waals surface area contributed by atoms with Gasteiger partial charge in [-0.1, -0.05) is 194 Å². The van der Waals surface area contributed by atoms with E-state index in [0.29, 0.717) is 17.5 Å². The van der Waals surface area contributed by atoms with Crippen LogP contribution < -0.4 is 0 Å². The van der Waals surface area contributed by atoms with Crippen LogP contribution in [0.5, 0.6) is 0 Å². The van der Waals surface area contributed by atoms with E-state index in [9.17, 15) is 0 Å². The first-order valence-electron chi connectivity index (χ1n) is 21.2. The monoisotopic (exact) mass is 803 g/mol. The molecule has 5 heteroatoms. The van der Waals surface area contributed by atoms with Crippen molar-refractivity contribution in [2.75, 3.05) is 0 Å². The maximum absolute atomic E-state index is 5.60. The van der Waals surface area contributed by atoms with Gasteiger partial charge in [0.2, 0.25) is 0 Å². The molecule has 0 atom stereocenters. The highest BCUT2D eigenvalue weighted by Crippen LogP contribution is 2.44. The number of pyridine rings is 1. The first-order valence-corrected chi connectivity index (χ1v) is 21.2. The molecule has 0 spiro atoms. The average molecular weight is 804 g/mol. The van der Waals surface area contributed by atoms with Crippen molar-refractivity contribution in [1.29, 1.82) is 0 Å². The molecule has 0 radical (unpaired) electrons. The summed E-state index contributed by atoms with van der Waals surface area (Å²) < 4.78 is 2.43. The third-order valence-electron chi connectivity index (χ3n) is 12.0. The van der Waals surface area contributed by atoms with E-state index in [4.69, 9.17) is 19.9 Å². The fourth-order valence-corrected chi connectivity index (χ4v) is 9.10. The SMILES string of the molecule is c1ccc(-c2nc(-c3ccccc3)nc(-c3cccc(-c4cccc(-c5cccc6c5nc(-c5ccccc5)c5ccc7c8ccccc8n(-c8ccccc8)c7c56)c4)c3)n2)cc1. The molecule has 0 saturated heterocycles. The molecule has 3 aromatic heterocycles. The second-order valence-electron chi connectivity index (χ2n) is 15.8. The first-order chi connectivity index (χ1) is 31.2. The average Bonchev–Trinajstić information content (AvgIpc) is 3.71. The molecule has 3 heterocycles. The molecule has 0 fully saturated rings. The van der Waals surface area contributed by atoms with E-state index in [1.807, 2.05) is 60.7 Å². The maximum Gasteiger partial charge on any atom is 0.164 e. The normalized spacial score (nSPS) is 11.5. The largest absolute Gasteiger partial charge is 0.309 e. The molecule has 0 aliphatic carbocycles. The number of aromatic nitrogens is 5. The maximum atomic E-state index is 5.60. The lowest BCUT2D eigenvalue weighted by molar-refractivity contribution is 1.07. The molecule has 294 valence electrons. The lowest BCUT2D eigenvalue weighted by atomic mass is 9.93. The predicted octanol–water partition coefficient (Wildman–Crippen LogP) is 14.7. The summed E-state index contributed by atoms with van der Waals surface area (Å²) in [4.78, 5) is 20.6. The van der Waals surface area contributed by atoms with E-state index in [2.05, 4.69) is 168 Å². The summed E-state index contributed by atoms with van der Waals surface area (Å²) in [6.45, 7) is 0. The summed E-state index contributed by atoms with van der Waals surface area (Å²) in [5.74, 6) is 1.90. The number of hydrogen-bond acceptors (Lipinski definition) is 4. The van der Waals surface area contributed by atoms with Crippen LogP contribution >= 0.6 is 0 Å². The van der Waals surface area contributed by atoms with E-state index in [1.165, 1.54) is 27.2 Å². The number of benzene rings is 9. The molecule has 0 aliphatic rings. The van der Waals surface area contributed by atoms with Gasteiger partial charge in [0.25, 0.3) is 0 Å². The number of rotatable bonds is 7. The Balaban J connectivity index is 1.05. The first kappa shape index (κ1) is 36.3. The lowest BCUT2D eigenvalue weighted by Gasteiger charge is -2.16. The molecule has 5 nitrogen and oxygen atoms in total. The van der Waals surface area contributed by atoms with Gasteiger partial charge in [-0.25, -0.2) is 19.9 Å². The van der Waals surface area contributed by atoms with Crippen molar-refractivity contribution < 1.29 is 0 Å². The van der Waals surface area contributed by atoms with Crippen LogP contribution in [0.1, 0.15) is 0 Å². The number of fused-ring (bicyclic) bond motifs is 7. The number of nitrogens with zero attached hydrogens (tertiary/aromatic N) is 5. The van der Waals surface area contributed by atoms with Gasteiger partial charge in [-0.2, -0.15) is 0 Å². The molecule has 12 rings (SSSR count). The minimum absolute atomic E-state index is 0.624. The van der Waals surface area contributed by atoms with Gasteiger partial charge in [-0.15, -0.1) is 0 Å². The highest BCUT2D eigenvalue weighted by Gasteiger charge is 2.21. The van der Waals surface area contributed by atoms with Crippen LogP contribution in [0.4, 0.5) is 0 Å². The van der Waals surface area contributed by atoms with Crippen molar-refractivity contribution in [2.45, 2.75) is 0 Å². The van der Waals surface area contributed by atoms with Gasteiger partial charge in [0, 0.05) is 60.4 Å². The summed E-state index contributed by atoms with van der Waals surface area (Å²) in [6.07, 6.45) is 0. The zero-order valence-electron chi connectivity index (χ0n) is 34.1. The number of hydrogen-bond donors (Lipinski definition) is 0. The van der Waals surface area contributed by atoms with Crippen molar-refractivity contribution in [2.24, 2.45) is 0 Å². The van der Waals surface area contributed by atoms with Gasteiger partial charge in [0.05, 0.1) is 22.2 Å². The minimum atomic E-state index is 0.624. The van der Waals surface area contributed by atoms with Crippen LogP contribution in [0, 0.1) is 0 Å². The highest BCUT2D eigenvalue weighted by atomic mass is 15.0. The summed E-state index contributed by atoms with van der Waals surface area (Å²) in [7, 11) is 0. The topological polar surface area (TPSA) is 56.5 Å². The second-order valence-corrected chi connectivity index (χ2v) is 15.8. The van der Waals surface area contributed by atoms with Gasteiger partial charge < -0.3 is 4.57 Å². The molecular weight excluding hydrogens is 767 g/mol. The molecule has 0 unspecified atom stereocenters. The summed E-state index contributed by atoms with van der Waals surface area (Å²) in [5, 5.41) is 5.85. The van der Waals surface area contributed by atoms with E-state index in [0.717, 1.165) is 72.2 Å². The quantitative estimate of drug-likeness (QED) is 0.151. The molecular formula is C58H37N5. The van der Waals surface area contributed by atoms with E-state index < -0.39 is 0 Å². The van der Waals surface area contributed by atoms with Crippen molar-refractivity contribution >= 4 is 43.5 Å². The number of para-hydroxylation sites is 3. The van der Waals surface area contributed by atoms with Crippen LogP contribution in [0.15, 0.2) is 224 Å². The molecule has 9 aromatic carbocycles. The van der Waals surface area contributed by atoms with Crippen LogP contribution in [-0.4, -0.2) is 24.5 Å². The van der Waals surface area contributed by atoms with E-state index >= 15 is 0 Å². The molecule has 0 aliphatic heterocycles. The van der Waals surface area contributed by atoms with Crippen LogP contribution in [0.2, 0.25) is 0 Å². The third kappa shape index (κ3) is 6.34. The second kappa shape index (κ2) is 15.2. The molecule has 0 N–H and O–H groups in total. The summed E-state index contributed by atoms with van der Waals surface area (Å²) in [6, 6.07) is 78.7. The Morgan fingerprint density at radius 3 is 1.44 bits per heavy atom. The molecule has 0 bridgehead atoms. The molecule has 63 heavy (non-hydrogen) atoms. The molecule has 0 amide bonds. The van der Waals surface area contributed by atoms with Gasteiger partial charge in [-0.3, -0.25) is 0 Å². The van der Waals surface area contributed by atoms with Crippen molar-refractivity contribution in [1.82, 2.24) is 24.5 Å².